The fraction of sp³-hybridized carbons (Fsp3) is 0.231. The van der Waals surface area contributed by atoms with Crippen molar-refractivity contribution in [1.29, 1.82) is 0 Å². The summed E-state index contributed by atoms with van der Waals surface area (Å²) in [5.74, 6) is 0.458. The maximum Gasteiger partial charge on any atom is 0.0708 e. The van der Waals surface area contributed by atoms with Gasteiger partial charge < -0.3 is 0 Å². The summed E-state index contributed by atoms with van der Waals surface area (Å²) in [6.07, 6.45) is 0. The maximum atomic E-state index is 4.60. The molecule has 0 fully saturated rings. The molecule has 0 aliphatic heterocycles. The first-order valence-corrected chi connectivity index (χ1v) is 4.90. The van der Waals surface area contributed by atoms with Crippen molar-refractivity contribution < 1.29 is 0 Å². The van der Waals surface area contributed by atoms with Gasteiger partial charge in [-0.3, -0.25) is 4.98 Å². The Morgan fingerprint density at radius 2 is 1.93 bits per heavy atom. The lowest BCUT2D eigenvalue weighted by atomic mass is 10.0. The zero-order valence-corrected chi connectivity index (χ0v) is 8.62. The second-order valence-electron chi connectivity index (χ2n) is 3.88. The summed E-state index contributed by atoms with van der Waals surface area (Å²) in [6, 6.07) is 10.2. The van der Waals surface area contributed by atoms with Crippen LogP contribution in [0.25, 0.3) is 10.9 Å². The number of pyridine rings is 1. The second kappa shape index (κ2) is 3.41. The molecule has 0 bridgehead atoms. The van der Waals surface area contributed by atoms with Crippen LogP contribution in [0.4, 0.5) is 0 Å². The summed E-state index contributed by atoms with van der Waals surface area (Å²) >= 11 is 0. The van der Waals surface area contributed by atoms with Gasteiger partial charge in [-0.2, -0.15) is 0 Å². The van der Waals surface area contributed by atoms with Gasteiger partial charge in [0.2, 0.25) is 0 Å². The normalized spacial score (nSPS) is 11.1. The Hall–Kier alpha value is -1.37. The minimum Gasteiger partial charge on any atom is -0.253 e. The van der Waals surface area contributed by atoms with Gasteiger partial charge in [0.05, 0.1) is 5.52 Å². The van der Waals surface area contributed by atoms with E-state index in [2.05, 4.69) is 37.9 Å². The monoisotopic (exact) mass is 184 g/mol. The van der Waals surface area contributed by atoms with Gasteiger partial charge in [0.1, 0.15) is 0 Å². The summed E-state index contributed by atoms with van der Waals surface area (Å²) in [4.78, 5) is 4.60. The van der Waals surface area contributed by atoms with Crippen molar-refractivity contribution in [3.8, 4) is 0 Å². The zero-order chi connectivity index (χ0) is 10.1. The zero-order valence-electron chi connectivity index (χ0n) is 8.62. The molecule has 0 unspecified atom stereocenters. The molecule has 1 nitrogen and oxygen atoms in total. The number of rotatable bonds is 1. The molecule has 1 aromatic heterocycles. The number of nitrogens with zero attached hydrogens (tertiary/aromatic N) is 1. The van der Waals surface area contributed by atoms with E-state index in [1.54, 1.807) is 0 Å². The Balaban J connectivity index is 2.72. The number of aromatic nitrogens is 1. The molecule has 14 heavy (non-hydrogen) atoms. The number of fused-ring (bicyclic) bond motifs is 1. The van der Waals surface area contributed by atoms with Gasteiger partial charge in [0.15, 0.2) is 0 Å². The van der Waals surface area contributed by atoms with Crippen LogP contribution in [0.5, 0.6) is 0 Å². The topological polar surface area (TPSA) is 12.9 Å². The van der Waals surface area contributed by atoms with Crippen LogP contribution in [-0.2, 0) is 0 Å². The van der Waals surface area contributed by atoms with Crippen molar-refractivity contribution in [2.45, 2.75) is 19.8 Å². The van der Waals surface area contributed by atoms with E-state index in [4.69, 9.17) is 0 Å². The van der Waals surface area contributed by atoms with Crippen molar-refractivity contribution in [2.24, 2.45) is 0 Å². The van der Waals surface area contributed by atoms with Gasteiger partial charge in [-0.15, -0.1) is 0 Å². The van der Waals surface area contributed by atoms with E-state index < -0.39 is 0 Å². The Morgan fingerprint density at radius 1 is 1.21 bits per heavy atom. The predicted octanol–water partition coefficient (Wildman–Crippen LogP) is 3.54. The van der Waals surface area contributed by atoms with Crippen molar-refractivity contribution in [3.63, 3.8) is 0 Å². The van der Waals surface area contributed by atoms with Crippen LogP contribution in [0.3, 0.4) is 0 Å². The van der Waals surface area contributed by atoms with Crippen molar-refractivity contribution in [2.75, 3.05) is 0 Å². The summed E-state index contributed by atoms with van der Waals surface area (Å²) in [5, 5.41) is 1.15. The molecular formula is C13H14N. The Labute approximate surface area is 84.8 Å². The predicted molar refractivity (Wildman–Crippen MR) is 60.3 cm³/mol. The molecule has 0 atom stereocenters. The first-order chi connectivity index (χ1) is 6.68. The van der Waals surface area contributed by atoms with Crippen LogP contribution in [0, 0.1) is 6.92 Å². The van der Waals surface area contributed by atoms with Crippen LogP contribution >= 0.6 is 0 Å². The highest BCUT2D eigenvalue weighted by Gasteiger charge is 2.04. The minimum atomic E-state index is 0.458. The van der Waals surface area contributed by atoms with E-state index in [0.717, 1.165) is 22.2 Å². The molecule has 0 saturated heterocycles. The third-order valence-electron chi connectivity index (χ3n) is 2.41. The molecule has 1 heteroatoms. The summed E-state index contributed by atoms with van der Waals surface area (Å²) in [5.41, 5.74) is 3.23. The van der Waals surface area contributed by atoms with Crippen LogP contribution in [0.1, 0.15) is 31.0 Å². The summed E-state index contributed by atoms with van der Waals surface area (Å²) in [6.45, 7) is 8.35. The smallest absolute Gasteiger partial charge is 0.0708 e. The molecule has 0 saturated carbocycles. The molecule has 1 heterocycles. The Morgan fingerprint density at radius 3 is 2.64 bits per heavy atom. The average molecular weight is 184 g/mol. The Kier molecular flexibility index (Phi) is 2.24. The highest BCUT2D eigenvalue weighted by atomic mass is 14.7. The van der Waals surface area contributed by atoms with Crippen LogP contribution in [-0.4, -0.2) is 4.98 Å². The van der Waals surface area contributed by atoms with E-state index in [0.29, 0.717) is 5.92 Å². The van der Waals surface area contributed by atoms with E-state index in [-0.39, 0.29) is 0 Å². The Bertz CT molecular complexity index is 458. The molecule has 0 amide bonds. The minimum absolute atomic E-state index is 0.458. The van der Waals surface area contributed by atoms with E-state index in [9.17, 15) is 0 Å². The molecule has 1 aromatic carbocycles. The third-order valence-corrected chi connectivity index (χ3v) is 2.41. The van der Waals surface area contributed by atoms with E-state index in [1.165, 1.54) is 0 Å². The van der Waals surface area contributed by atoms with Gasteiger partial charge in [0.25, 0.3) is 0 Å². The fourth-order valence-electron chi connectivity index (χ4n) is 1.57. The number of para-hydroxylation sites is 1. The molecule has 2 rings (SSSR count). The second-order valence-corrected chi connectivity index (χ2v) is 3.88. The molecule has 1 radical (unpaired) electrons. The highest BCUT2D eigenvalue weighted by molar-refractivity contribution is 5.82. The first-order valence-electron chi connectivity index (χ1n) is 4.90. The van der Waals surface area contributed by atoms with Crippen molar-refractivity contribution >= 4 is 10.9 Å². The first kappa shape index (κ1) is 9.20. The molecule has 71 valence electrons. The SMILES string of the molecule is [CH2]c1cc(C(C)C)nc2ccccc12. The number of benzene rings is 1. The molecule has 0 aliphatic carbocycles. The molecular weight excluding hydrogens is 170 g/mol. The lowest BCUT2D eigenvalue weighted by Crippen LogP contribution is -1.94. The maximum absolute atomic E-state index is 4.60. The van der Waals surface area contributed by atoms with Crippen LogP contribution in [0.2, 0.25) is 0 Å². The molecule has 0 spiro atoms. The lowest BCUT2D eigenvalue weighted by Gasteiger charge is -2.08. The fourth-order valence-corrected chi connectivity index (χ4v) is 1.57. The quantitative estimate of drug-likeness (QED) is 0.660. The largest absolute Gasteiger partial charge is 0.253 e. The average Bonchev–Trinajstić information content (AvgIpc) is 2.17. The van der Waals surface area contributed by atoms with Gasteiger partial charge in [-0.05, 0) is 30.5 Å². The highest BCUT2D eigenvalue weighted by Crippen LogP contribution is 2.21. The number of hydrogen-bond acceptors (Lipinski definition) is 1. The van der Waals surface area contributed by atoms with Crippen molar-refractivity contribution in [3.05, 3.63) is 48.5 Å². The van der Waals surface area contributed by atoms with Crippen molar-refractivity contribution in [1.82, 2.24) is 4.98 Å². The summed E-state index contributed by atoms with van der Waals surface area (Å²) < 4.78 is 0. The van der Waals surface area contributed by atoms with Gasteiger partial charge in [-0.25, -0.2) is 0 Å². The summed E-state index contributed by atoms with van der Waals surface area (Å²) in [7, 11) is 0. The van der Waals surface area contributed by atoms with E-state index >= 15 is 0 Å². The van der Waals surface area contributed by atoms with Crippen LogP contribution in [0.15, 0.2) is 30.3 Å². The number of hydrogen-bond donors (Lipinski definition) is 0. The van der Waals surface area contributed by atoms with Crippen LogP contribution < -0.4 is 0 Å². The van der Waals surface area contributed by atoms with Gasteiger partial charge in [-0.1, -0.05) is 32.0 Å². The molecule has 0 N–H and O–H groups in total. The lowest BCUT2D eigenvalue weighted by molar-refractivity contribution is 0.829. The van der Waals surface area contributed by atoms with Gasteiger partial charge in [0, 0.05) is 11.1 Å². The standard InChI is InChI=1S/C13H14N/c1-9(2)13-8-10(3)11-6-4-5-7-12(11)14-13/h4-9H,3H2,1-2H3. The molecule has 2 aromatic rings. The molecule has 0 aliphatic rings. The van der Waals surface area contributed by atoms with E-state index in [1.807, 2.05) is 18.2 Å². The third kappa shape index (κ3) is 1.50. The van der Waals surface area contributed by atoms with Gasteiger partial charge >= 0.3 is 0 Å².